The highest BCUT2D eigenvalue weighted by atomic mass is 79.9. The van der Waals surface area contributed by atoms with E-state index in [4.69, 9.17) is 23.2 Å². The van der Waals surface area contributed by atoms with Crippen LogP contribution in [0.1, 0.15) is 9.67 Å². The quantitative estimate of drug-likeness (QED) is 0.537. The first-order valence-electron chi connectivity index (χ1n) is 5.75. The van der Waals surface area contributed by atoms with E-state index in [0.717, 1.165) is 14.0 Å². The standard InChI is InChI=1S/C13H7BrCl2N2OS2/c1-18-11-7(3-2-6(15)10(11)16)21-13(18)17-12(19)8-4-5-9(14)20-8/h2-5H,1H3. The topological polar surface area (TPSA) is 34.4 Å². The molecule has 0 radical (unpaired) electrons. The second kappa shape index (κ2) is 5.85. The van der Waals surface area contributed by atoms with Crippen molar-refractivity contribution >= 4 is 77.9 Å². The molecule has 0 aliphatic rings. The second-order valence-corrected chi connectivity index (χ2v) is 8.43. The molecule has 0 aliphatic heterocycles. The molecule has 3 nitrogen and oxygen atoms in total. The Kier molecular flexibility index (Phi) is 4.25. The molecule has 0 N–H and O–H groups in total. The minimum Gasteiger partial charge on any atom is -0.318 e. The van der Waals surface area contributed by atoms with Gasteiger partial charge >= 0.3 is 0 Å². The summed E-state index contributed by atoms with van der Waals surface area (Å²) in [5.41, 5.74) is 0.785. The molecule has 1 amide bonds. The Hall–Kier alpha value is -0.660. The Bertz CT molecular complexity index is 926. The first-order valence-corrected chi connectivity index (χ1v) is 8.93. The largest absolute Gasteiger partial charge is 0.318 e. The molecule has 0 aliphatic carbocycles. The SMILES string of the molecule is Cn1c(=NC(=O)c2ccc(Br)s2)sc2ccc(Cl)c(Cl)c21. The number of aromatic nitrogens is 1. The fourth-order valence-corrected chi connectivity index (χ4v) is 4.64. The molecular formula is C13H7BrCl2N2OS2. The van der Waals surface area contributed by atoms with Crippen LogP contribution >= 0.6 is 61.8 Å². The van der Waals surface area contributed by atoms with Crippen LogP contribution in [0.15, 0.2) is 33.0 Å². The normalized spacial score (nSPS) is 12.3. The summed E-state index contributed by atoms with van der Waals surface area (Å²) in [6.45, 7) is 0. The fourth-order valence-electron chi connectivity index (χ4n) is 1.85. The van der Waals surface area contributed by atoms with E-state index in [0.29, 0.717) is 19.7 Å². The number of carbonyl (C=O) groups excluding carboxylic acids is 1. The van der Waals surface area contributed by atoms with E-state index in [1.54, 1.807) is 16.7 Å². The average molecular weight is 422 g/mol. The number of thiazole rings is 1. The average Bonchev–Trinajstić information content (AvgIpc) is 3.00. The van der Waals surface area contributed by atoms with E-state index in [2.05, 4.69) is 20.9 Å². The fraction of sp³-hybridized carbons (Fsp3) is 0.0769. The molecule has 0 saturated carbocycles. The van der Waals surface area contributed by atoms with Gasteiger partial charge < -0.3 is 4.57 Å². The molecule has 0 fully saturated rings. The molecule has 0 spiro atoms. The third-order valence-electron chi connectivity index (χ3n) is 2.84. The van der Waals surface area contributed by atoms with Crippen molar-refractivity contribution in [2.75, 3.05) is 0 Å². The van der Waals surface area contributed by atoms with Gasteiger partial charge in [-0.2, -0.15) is 4.99 Å². The van der Waals surface area contributed by atoms with Crippen molar-refractivity contribution in [3.8, 4) is 0 Å². The van der Waals surface area contributed by atoms with Crippen LogP contribution in [0.25, 0.3) is 10.2 Å². The zero-order valence-corrected chi connectivity index (χ0v) is 15.3. The summed E-state index contributed by atoms with van der Waals surface area (Å²) < 4.78 is 3.62. The van der Waals surface area contributed by atoms with Crippen molar-refractivity contribution in [3.05, 3.63) is 47.8 Å². The molecular weight excluding hydrogens is 415 g/mol. The van der Waals surface area contributed by atoms with Crippen LogP contribution in [-0.2, 0) is 7.05 Å². The van der Waals surface area contributed by atoms with Gasteiger partial charge in [0, 0.05) is 7.05 Å². The number of aryl methyl sites for hydroxylation is 1. The summed E-state index contributed by atoms with van der Waals surface area (Å²) in [6.07, 6.45) is 0. The molecule has 3 aromatic rings. The number of fused-ring (bicyclic) bond motifs is 1. The maximum absolute atomic E-state index is 12.2. The van der Waals surface area contributed by atoms with Gasteiger partial charge in [-0.1, -0.05) is 34.5 Å². The number of thiophene rings is 1. The molecule has 21 heavy (non-hydrogen) atoms. The van der Waals surface area contributed by atoms with Gasteiger partial charge in [-0.25, -0.2) is 0 Å². The minimum atomic E-state index is -0.268. The number of benzene rings is 1. The van der Waals surface area contributed by atoms with E-state index in [9.17, 15) is 4.79 Å². The highest BCUT2D eigenvalue weighted by molar-refractivity contribution is 9.11. The van der Waals surface area contributed by atoms with Crippen LogP contribution in [0.2, 0.25) is 10.0 Å². The third-order valence-corrected chi connectivity index (χ3v) is 6.34. The van der Waals surface area contributed by atoms with Gasteiger partial charge in [0.05, 0.1) is 28.9 Å². The van der Waals surface area contributed by atoms with Crippen molar-refractivity contribution in [3.63, 3.8) is 0 Å². The molecule has 3 rings (SSSR count). The molecule has 8 heteroatoms. The van der Waals surface area contributed by atoms with Crippen LogP contribution in [0.5, 0.6) is 0 Å². The zero-order valence-electron chi connectivity index (χ0n) is 10.6. The number of carbonyl (C=O) groups is 1. The molecule has 0 bridgehead atoms. The van der Waals surface area contributed by atoms with Crippen molar-refractivity contribution < 1.29 is 4.79 Å². The van der Waals surface area contributed by atoms with Crippen LogP contribution < -0.4 is 4.80 Å². The predicted octanol–water partition coefficient (Wildman–Crippen LogP) is 5.11. The Morgan fingerprint density at radius 1 is 1.24 bits per heavy atom. The summed E-state index contributed by atoms with van der Waals surface area (Å²) in [5, 5.41) is 0.957. The molecule has 108 valence electrons. The van der Waals surface area contributed by atoms with E-state index in [1.165, 1.54) is 22.7 Å². The van der Waals surface area contributed by atoms with Crippen molar-refractivity contribution in [1.29, 1.82) is 0 Å². The molecule has 2 heterocycles. The first kappa shape index (κ1) is 15.2. The summed E-state index contributed by atoms with van der Waals surface area (Å²) in [4.78, 5) is 17.5. The lowest BCUT2D eigenvalue weighted by Gasteiger charge is -2.00. The van der Waals surface area contributed by atoms with Crippen molar-refractivity contribution in [2.24, 2.45) is 12.0 Å². The van der Waals surface area contributed by atoms with Crippen LogP contribution in [0.3, 0.4) is 0 Å². The van der Waals surface area contributed by atoms with Crippen molar-refractivity contribution in [2.45, 2.75) is 0 Å². The van der Waals surface area contributed by atoms with Gasteiger partial charge in [-0.3, -0.25) is 4.79 Å². The Morgan fingerprint density at radius 2 is 2.00 bits per heavy atom. The Balaban J connectivity index is 2.17. The van der Waals surface area contributed by atoms with Crippen LogP contribution in [0, 0.1) is 0 Å². The monoisotopic (exact) mass is 420 g/mol. The van der Waals surface area contributed by atoms with E-state index >= 15 is 0 Å². The lowest BCUT2D eigenvalue weighted by Crippen LogP contribution is -2.13. The lowest BCUT2D eigenvalue weighted by atomic mass is 10.3. The number of rotatable bonds is 1. The molecule has 0 saturated heterocycles. The summed E-state index contributed by atoms with van der Waals surface area (Å²) in [5.74, 6) is -0.268. The molecule has 0 atom stereocenters. The Labute approximate surface area is 146 Å². The van der Waals surface area contributed by atoms with Gasteiger partial charge in [-0.05, 0) is 40.2 Å². The van der Waals surface area contributed by atoms with Gasteiger partial charge in [0.15, 0.2) is 4.80 Å². The number of nitrogens with zero attached hydrogens (tertiary/aromatic N) is 2. The molecule has 0 unspecified atom stereocenters. The highest BCUT2D eigenvalue weighted by Crippen LogP contribution is 2.31. The summed E-state index contributed by atoms with van der Waals surface area (Å²) >= 11 is 18.3. The number of hydrogen-bond acceptors (Lipinski definition) is 3. The lowest BCUT2D eigenvalue weighted by molar-refractivity contribution is 0.100. The second-order valence-electron chi connectivity index (χ2n) is 4.17. The van der Waals surface area contributed by atoms with E-state index in [1.807, 2.05) is 19.2 Å². The maximum atomic E-state index is 12.2. The van der Waals surface area contributed by atoms with Gasteiger partial charge in [-0.15, -0.1) is 11.3 Å². The van der Waals surface area contributed by atoms with E-state index < -0.39 is 0 Å². The number of amides is 1. The Morgan fingerprint density at radius 3 is 2.67 bits per heavy atom. The number of hydrogen-bond donors (Lipinski definition) is 0. The maximum Gasteiger partial charge on any atom is 0.289 e. The molecule has 2 aromatic heterocycles. The molecule has 1 aromatic carbocycles. The van der Waals surface area contributed by atoms with Crippen molar-refractivity contribution in [1.82, 2.24) is 4.57 Å². The smallest absolute Gasteiger partial charge is 0.289 e. The summed E-state index contributed by atoms with van der Waals surface area (Å²) in [6, 6.07) is 7.19. The minimum absolute atomic E-state index is 0.268. The predicted molar refractivity (Wildman–Crippen MR) is 92.7 cm³/mol. The van der Waals surface area contributed by atoms with Crippen LogP contribution in [-0.4, -0.2) is 10.5 Å². The third kappa shape index (κ3) is 2.83. The first-order chi connectivity index (χ1) is 9.97. The highest BCUT2D eigenvalue weighted by Gasteiger charge is 2.12. The van der Waals surface area contributed by atoms with E-state index in [-0.39, 0.29) is 5.91 Å². The number of halogens is 3. The van der Waals surface area contributed by atoms with Gasteiger partial charge in [0.25, 0.3) is 5.91 Å². The van der Waals surface area contributed by atoms with Crippen LogP contribution in [0.4, 0.5) is 0 Å². The zero-order chi connectivity index (χ0) is 15.1. The van der Waals surface area contributed by atoms with Gasteiger partial charge in [0.2, 0.25) is 0 Å². The summed E-state index contributed by atoms with van der Waals surface area (Å²) in [7, 11) is 1.82. The van der Waals surface area contributed by atoms with Gasteiger partial charge in [0.1, 0.15) is 0 Å².